The van der Waals surface area contributed by atoms with E-state index >= 15 is 0 Å². The SMILES string of the molecule is O=C(NC[C@@]1(O)CCCNCC1)Nc1ccccc1Oc1ccccc1. The predicted octanol–water partition coefficient (Wildman–Crippen LogP) is 3.11. The van der Waals surface area contributed by atoms with Crippen LogP contribution in [0.1, 0.15) is 19.3 Å². The lowest BCUT2D eigenvalue weighted by Crippen LogP contribution is -2.44. The van der Waals surface area contributed by atoms with Gasteiger partial charge in [-0.25, -0.2) is 4.79 Å². The molecule has 138 valence electrons. The standard InChI is InChI=1S/C20H25N3O3/c24-19(22-15-20(25)11-6-13-21-14-12-20)23-17-9-4-5-10-18(17)26-16-7-2-1-3-8-16/h1-5,7-10,21,25H,6,11-15H2,(H2,22,23,24)/t20-/m1/s1. The zero-order valence-corrected chi connectivity index (χ0v) is 14.7. The fourth-order valence-corrected chi connectivity index (χ4v) is 2.98. The van der Waals surface area contributed by atoms with Crippen LogP contribution in [-0.2, 0) is 0 Å². The third-order valence-electron chi connectivity index (χ3n) is 4.45. The van der Waals surface area contributed by atoms with Crippen LogP contribution in [0.2, 0.25) is 0 Å². The number of rotatable bonds is 5. The Hall–Kier alpha value is -2.57. The van der Waals surface area contributed by atoms with Gasteiger partial charge in [-0.15, -0.1) is 0 Å². The molecule has 3 rings (SSSR count). The number of para-hydroxylation sites is 3. The highest BCUT2D eigenvalue weighted by atomic mass is 16.5. The van der Waals surface area contributed by atoms with Gasteiger partial charge in [-0.2, -0.15) is 0 Å². The van der Waals surface area contributed by atoms with Gasteiger partial charge in [0.1, 0.15) is 5.75 Å². The molecule has 2 aromatic carbocycles. The van der Waals surface area contributed by atoms with Crippen LogP contribution < -0.4 is 20.7 Å². The Balaban J connectivity index is 1.59. The van der Waals surface area contributed by atoms with Crippen LogP contribution in [0, 0.1) is 0 Å². The quantitative estimate of drug-likeness (QED) is 0.664. The van der Waals surface area contributed by atoms with Gasteiger partial charge in [0, 0.05) is 6.54 Å². The molecule has 0 aliphatic carbocycles. The maximum Gasteiger partial charge on any atom is 0.319 e. The number of ether oxygens (including phenoxy) is 1. The summed E-state index contributed by atoms with van der Waals surface area (Å²) in [6, 6.07) is 16.3. The Bertz CT molecular complexity index is 713. The third-order valence-corrected chi connectivity index (χ3v) is 4.45. The molecule has 1 saturated heterocycles. The van der Waals surface area contributed by atoms with E-state index < -0.39 is 5.60 Å². The average molecular weight is 355 g/mol. The fraction of sp³-hybridized carbons (Fsp3) is 0.350. The molecule has 26 heavy (non-hydrogen) atoms. The van der Waals surface area contributed by atoms with Crippen LogP contribution in [0.3, 0.4) is 0 Å². The maximum absolute atomic E-state index is 12.3. The molecule has 6 nitrogen and oxygen atoms in total. The van der Waals surface area contributed by atoms with Crippen molar-refractivity contribution in [1.29, 1.82) is 0 Å². The van der Waals surface area contributed by atoms with Crippen LogP contribution in [-0.4, -0.2) is 36.4 Å². The lowest BCUT2D eigenvalue weighted by molar-refractivity contribution is 0.0312. The normalized spacial score (nSPS) is 20.0. The molecule has 2 aromatic rings. The minimum Gasteiger partial charge on any atom is -0.455 e. The first-order valence-corrected chi connectivity index (χ1v) is 8.95. The van der Waals surface area contributed by atoms with E-state index in [1.54, 1.807) is 12.1 Å². The number of anilines is 1. The van der Waals surface area contributed by atoms with Gasteiger partial charge in [0.05, 0.1) is 11.3 Å². The number of benzene rings is 2. The summed E-state index contributed by atoms with van der Waals surface area (Å²) in [6.45, 7) is 1.88. The third kappa shape index (κ3) is 5.21. The molecule has 0 aromatic heterocycles. The van der Waals surface area contributed by atoms with Crippen LogP contribution in [0.25, 0.3) is 0 Å². The van der Waals surface area contributed by atoms with Crippen molar-refractivity contribution in [2.75, 3.05) is 25.0 Å². The number of carbonyl (C=O) groups excluding carboxylic acids is 1. The van der Waals surface area contributed by atoms with E-state index in [1.165, 1.54) is 0 Å². The van der Waals surface area contributed by atoms with Gasteiger partial charge in [0.2, 0.25) is 0 Å². The number of nitrogens with one attached hydrogen (secondary N) is 3. The highest BCUT2D eigenvalue weighted by Crippen LogP contribution is 2.29. The zero-order chi connectivity index (χ0) is 18.2. The number of aliphatic hydroxyl groups is 1. The number of hydrogen-bond donors (Lipinski definition) is 4. The Kier molecular flexibility index (Phi) is 6.09. The predicted molar refractivity (Wildman–Crippen MR) is 102 cm³/mol. The molecule has 1 aliphatic rings. The molecular weight excluding hydrogens is 330 g/mol. The van der Waals surface area contributed by atoms with Crippen molar-refractivity contribution in [2.24, 2.45) is 0 Å². The van der Waals surface area contributed by atoms with Crippen molar-refractivity contribution in [3.8, 4) is 11.5 Å². The second-order valence-electron chi connectivity index (χ2n) is 6.55. The lowest BCUT2D eigenvalue weighted by atomic mass is 9.95. The van der Waals surface area contributed by atoms with Crippen LogP contribution in [0.4, 0.5) is 10.5 Å². The summed E-state index contributed by atoms with van der Waals surface area (Å²) in [5.74, 6) is 1.26. The summed E-state index contributed by atoms with van der Waals surface area (Å²) in [4.78, 5) is 12.3. The van der Waals surface area contributed by atoms with E-state index in [0.29, 0.717) is 30.0 Å². The van der Waals surface area contributed by atoms with E-state index in [1.807, 2.05) is 42.5 Å². The highest BCUT2D eigenvalue weighted by molar-refractivity contribution is 5.91. The van der Waals surface area contributed by atoms with E-state index in [9.17, 15) is 9.90 Å². The number of amides is 2. The van der Waals surface area contributed by atoms with Gasteiger partial charge in [-0.3, -0.25) is 0 Å². The summed E-state index contributed by atoms with van der Waals surface area (Å²) in [5.41, 5.74) is -0.288. The topological polar surface area (TPSA) is 82.6 Å². The summed E-state index contributed by atoms with van der Waals surface area (Å²) < 4.78 is 5.84. The molecule has 1 aliphatic heterocycles. The minimum atomic E-state index is -0.860. The number of hydrogen-bond acceptors (Lipinski definition) is 4. The zero-order valence-electron chi connectivity index (χ0n) is 14.7. The van der Waals surface area contributed by atoms with E-state index in [2.05, 4.69) is 16.0 Å². The molecule has 6 heteroatoms. The highest BCUT2D eigenvalue weighted by Gasteiger charge is 2.28. The molecule has 2 amide bonds. The van der Waals surface area contributed by atoms with Crippen molar-refractivity contribution < 1.29 is 14.6 Å². The molecule has 1 atom stereocenters. The first-order chi connectivity index (χ1) is 12.6. The van der Waals surface area contributed by atoms with Gasteiger partial charge in [0.15, 0.2) is 5.75 Å². The van der Waals surface area contributed by atoms with Crippen molar-refractivity contribution >= 4 is 11.7 Å². The second-order valence-corrected chi connectivity index (χ2v) is 6.55. The van der Waals surface area contributed by atoms with Crippen LogP contribution in [0.5, 0.6) is 11.5 Å². The Morgan fingerprint density at radius 3 is 2.69 bits per heavy atom. The first-order valence-electron chi connectivity index (χ1n) is 8.95. The minimum absolute atomic E-state index is 0.224. The molecule has 0 unspecified atom stereocenters. The molecule has 0 spiro atoms. The van der Waals surface area contributed by atoms with Crippen molar-refractivity contribution in [1.82, 2.24) is 10.6 Å². The van der Waals surface area contributed by atoms with Gasteiger partial charge in [-0.05, 0) is 56.6 Å². The van der Waals surface area contributed by atoms with Crippen molar-refractivity contribution in [3.05, 3.63) is 54.6 Å². The van der Waals surface area contributed by atoms with Gasteiger partial charge in [0.25, 0.3) is 0 Å². The van der Waals surface area contributed by atoms with Gasteiger partial charge >= 0.3 is 6.03 Å². The molecule has 1 fully saturated rings. The molecule has 4 N–H and O–H groups in total. The number of urea groups is 1. The molecule has 1 heterocycles. The van der Waals surface area contributed by atoms with Crippen molar-refractivity contribution in [2.45, 2.75) is 24.9 Å². The summed E-state index contributed by atoms with van der Waals surface area (Å²) in [7, 11) is 0. The first kappa shape index (κ1) is 18.2. The lowest BCUT2D eigenvalue weighted by Gasteiger charge is -2.26. The van der Waals surface area contributed by atoms with E-state index in [0.717, 1.165) is 19.5 Å². The van der Waals surface area contributed by atoms with Crippen LogP contribution >= 0.6 is 0 Å². The monoisotopic (exact) mass is 355 g/mol. The molecule has 0 radical (unpaired) electrons. The molecule has 0 bridgehead atoms. The fourth-order valence-electron chi connectivity index (χ4n) is 2.98. The smallest absolute Gasteiger partial charge is 0.319 e. The number of carbonyl (C=O) groups is 1. The average Bonchev–Trinajstić information content (AvgIpc) is 2.88. The Morgan fingerprint density at radius 1 is 1.08 bits per heavy atom. The Labute approximate surface area is 153 Å². The Morgan fingerprint density at radius 2 is 1.85 bits per heavy atom. The summed E-state index contributed by atoms with van der Waals surface area (Å²) in [5, 5.41) is 19.4. The summed E-state index contributed by atoms with van der Waals surface area (Å²) >= 11 is 0. The van der Waals surface area contributed by atoms with Crippen molar-refractivity contribution in [3.63, 3.8) is 0 Å². The largest absolute Gasteiger partial charge is 0.455 e. The molecule has 0 saturated carbocycles. The van der Waals surface area contributed by atoms with E-state index in [-0.39, 0.29) is 12.6 Å². The maximum atomic E-state index is 12.3. The molecular formula is C20H25N3O3. The summed E-state index contributed by atoms with van der Waals surface area (Å²) in [6.07, 6.45) is 2.20. The van der Waals surface area contributed by atoms with Gasteiger partial charge in [-0.1, -0.05) is 30.3 Å². The van der Waals surface area contributed by atoms with Crippen LogP contribution in [0.15, 0.2) is 54.6 Å². The second kappa shape index (κ2) is 8.69. The van der Waals surface area contributed by atoms with Gasteiger partial charge < -0.3 is 25.8 Å². The van der Waals surface area contributed by atoms with E-state index in [4.69, 9.17) is 4.74 Å².